The molecule has 1 aromatic rings. The molecule has 0 heterocycles. The highest BCUT2D eigenvalue weighted by atomic mass is 79.9. The Balaban J connectivity index is 2.80. The van der Waals surface area contributed by atoms with Gasteiger partial charge >= 0.3 is 0 Å². The summed E-state index contributed by atoms with van der Waals surface area (Å²) in [6, 6.07) is 4.57. The highest BCUT2D eigenvalue weighted by molar-refractivity contribution is 9.10. The van der Waals surface area contributed by atoms with E-state index in [1.54, 1.807) is 6.92 Å². The first-order valence-corrected chi connectivity index (χ1v) is 7.52. The van der Waals surface area contributed by atoms with Gasteiger partial charge < -0.3 is 15.2 Å². The minimum Gasteiger partial charge on any atom is -0.493 e. The quantitative estimate of drug-likeness (QED) is 0.805. The lowest BCUT2D eigenvalue weighted by atomic mass is 10.1. The summed E-state index contributed by atoms with van der Waals surface area (Å²) in [6.45, 7) is 9.38. The summed E-state index contributed by atoms with van der Waals surface area (Å²) in [5.74, 6) is 0.928. The zero-order valence-corrected chi connectivity index (χ0v) is 13.8. The van der Waals surface area contributed by atoms with E-state index in [4.69, 9.17) is 4.74 Å². The van der Waals surface area contributed by atoms with Crippen molar-refractivity contribution in [3.63, 3.8) is 0 Å². The third kappa shape index (κ3) is 5.93. The molecule has 0 bridgehead atoms. The average molecular weight is 330 g/mol. The SMILES string of the molecule is Cc1cc(Br)cc(CNC(C)C)c1OCCC(C)O. The van der Waals surface area contributed by atoms with Gasteiger partial charge in [-0.25, -0.2) is 0 Å². The fourth-order valence-corrected chi connectivity index (χ4v) is 2.40. The van der Waals surface area contributed by atoms with Crippen LogP contribution in [0.1, 0.15) is 38.3 Å². The van der Waals surface area contributed by atoms with Crippen LogP contribution in [0.5, 0.6) is 5.75 Å². The molecule has 0 aliphatic heterocycles. The van der Waals surface area contributed by atoms with Crippen molar-refractivity contribution in [2.45, 2.75) is 52.8 Å². The molecule has 1 unspecified atom stereocenters. The second-order valence-corrected chi connectivity index (χ2v) is 6.15. The van der Waals surface area contributed by atoms with Gasteiger partial charge in [-0.15, -0.1) is 0 Å². The summed E-state index contributed by atoms with van der Waals surface area (Å²) in [7, 11) is 0. The Morgan fingerprint density at radius 3 is 2.58 bits per heavy atom. The van der Waals surface area contributed by atoms with Crippen molar-refractivity contribution in [1.29, 1.82) is 0 Å². The second kappa shape index (κ2) is 7.88. The predicted octanol–water partition coefficient (Wildman–Crippen LogP) is 3.41. The van der Waals surface area contributed by atoms with Crippen LogP contribution in [0.2, 0.25) is 0 Å². The molecule has 0 radical (unpaired) electrons. The fraction of sp³-hybridized carbons (Fsp3) is 0.600. The Hall–Kier alpha value is -0.580. The van der Waals surface area contributed by atoms with E-state index in [1.807, 2.05) is 6.92 Å². The molecular weight excluding hydrogens is 306 g/mol. The molecule has 0 saturated heterocycles. The van der Waals surface area contributed by atoms with Crippen molar-refractivity contribution in [2.75, 3.05) is 6.61 Å². The van der Waals surface area contributed by atoms with Crippen molar-refractivity contribution in [3.8, 4) is 5.75 Å². The van der Waals surface area contributed by atoms with Gasteiger partial charge in [0.15, 0.2) is 0 Å². The van der Waals surface area contributed by atoms with Crippen molar-refractivity contribution < 1.29 is 9.84 Å². The van der Waals surface area contributed by atoms with Crippen molar-refractivity contribution in [1.82, 2.24) is 5.32 Å². The van der Waals surface area contributed by atoms with Crippen molar-refractivity contribution >= 4 is 15.9 Å². The van der Waals surface area contributed by atoms with Crippen molar-refractivity contribution in [3.05, 3.63) is 27.7 Å². The van der Waals surface area contributed by atoms with E-state index in [0.29, 0.717) is 19.1 Å². The molecule has 108 valence electrons. The molecule has 0 aromatic heterocycles. The maximum atomic E-state index is 9.29. The summed E-state index contributed by atoms with van der Waals surface area (Å²) in [6.07, 6.45) is 0.319. The number of ether oxygens (including phenoxy) is 1. The van der Waals surface area contributed by atoms with E-state index in [0.717, 1.165) is 27.9 Å². The Bertz CT molecular complexity index is 405. The number of hydrogen-bond acceptors (Lipinski definition) is 3. The molecule has 0 amide bonds. The largest absolute Gasteiger partial charge is 0.493 e. The number of hydrogen-bond donors (Lipinski definition) is 2. The van der Waals surface area contributed by atoms with E-state index < -0.39 is 0 Å². The van der Waals surface area contributed by atoms with Crippen molar-refractivity contribution in [2.24, 2.45) is 0 Å². The van der Waals surface area contributed by atoms with E-state index in [2.05, 4.69) is 47.2 Å². The Morgan fingerprint density at radius 2 is 2.00 bits per heavy atom. The maximum absolute atomic E-state index is 9.29. The van der Waals surface area contributed by atoms with E-state index in [-0.39, 0.29) is 6.10 Å². The minimum atomic E-state index is -0.326. The second-order valence-electron chi connectivity index (χ2n) is 5.23. The molecule has 0 fully saturated rings. The smallest absolute Gasteiger partial charge is 0.126 e. The van der Waals surface area contributed by atoms with Gasteiger partial charge in [0.05, 0.1) is 12.7 Å². The van der Waals surface area contributed by atoms with Crippen LogP contribution in [0.15, 0.2) is 16.6 Å². The van der Waals surface area contributed by atoms with Crippen LogP contribution in [-0.2, 0) is 6.54 Å². The molecule has 0 saturated carbocycles. The molecule has 0 aliphatic rings. The summed E-state index contributed by atoms with van der Waals surface area (Å²) in [5, 5.41) is 12.7. The lowest BCUT2D eigenvalue weighted by molar-refractivity contribution is 0.155. The standard InChI is InChI=1S/C15H24BrNO2/c1-10(2)17-9-13-8-14(16)7-11(3)15(13)19-6-5-12(4)18/h7-8,10,12,17-18H,5-6,9H2,1-4H3. The highest BCUT2D eigenvalue weighted by Gasteiger charge is 2.10. The van der Waals surface area contributed by atoms with Crippen LogP contribution < -0.4 is 10.1 Å². The average Bonchev–Trinajstić information content (AvgIpc) is 2.28. The number of halogens is 1. The van der Waals surface area contributed by atoms with E-state index >= 15 is 0 Å². The molecule has 3 nitrogen and oxygen atoms in total. The third-order valence-corrected chi connectivity index (χ3v) is 3.26. The Labute approximate surface area is 124 Å². The number of benzene rings is 1. The number of aliphatic hydroxyl groups excluding tert-OH is 1. The van der Waals surface area contributed by atoms with Gasteiger partial charge in [0.25, 0.3) is 0 Å². The zero-order chi connectivity index (χ0) is 14.4. The lowest BCUT2D eigenvalue weighted by Crippen LogP contribution is -2.22. The van der Waals surface area contributed by atoms with Gasteiger partial charge in [-0.05, 0) is 31.5 Å². The monoisotopic (exact) mass is 329 g/mol. The molecule has 2 N–H and O–H groups in total. The van der Waals surface area contributed by atoms with Gasteiger partial charge in [-0.2, -0.15) is 0 Å². The molecule has 19 heavy (non-hydrogen) atoms. The molecule has 4 heteroatoms. The van der Waals surface area contributed by atoms with Crippen LogP contribution in [-0.4, -0.2) is 23.9 Å². The van der Waals surface area contributed by atoms with Gasteiger partial charge in [-0.3, -0.25) is 0 Å². The summed E-state index contributed by atoms with van der Waals surface area (Å²) in [5.41, 5.74) is 2.26. The van der Waals surface area contributed by atoms with E-state index in [9.17, 15) is 5.11 Å². The van der Waals surface area contributed by atoms with Crippen LogP contribution in [0.3, 0.4) is 0 Å². The molecule has 1 rings (SSSR count). The first kappa shape index (κ1) is 16.5. The number of aliphatic hydroxyl groups is 1. The maximum Gasteiger partial charge on any atom is 0.126 e. The predicted molar refractivity (Wildman–Crippen MR) is 82.6 cm³/mol. The molecule has 0 spiro atoms. The van der Waals surface area contributed by atoms with E-state index in [1.165, 1.54) is 0 Å². The Kier molecular flexibility index (Phi) is 6.83. The third-order valence-electron chi connectivity index (χ3n) is 2.80. The molecule has 1 atom stereocenters. The number of nitrogens with one attached hydrogen (secondary N) is 1. The lowest BCUT2D eigenvalue weighted by Gasteiger charge is -2.17. The fourth-order valence-electron chi connectivity index (χ4n) is 1.78. The van der Waals surface area contributed by atoms with Crippen LogP contribution in [0.25, 0.3) is 0 Å². The first-order valence-electron chi connectivity index (χ1n) is 6.73. The van der Waals surface area contributed by atoms with Crippen LogP contribution >= 0.6 is 15.9 Å². The topological polar surface area (TPSA) is 41.5 Å². The molecule has 1 aromatic carbocycles. The van der Waals surface area contributed by atoms with Gasteiger partial charge in [0.2, 0.25) is 0 Å². The van der Waals surface area contributed by atoms with Crippen LogP contribution in [0, 0.1) is 6.92 Å². The van der Waals surface area contributed by atoms with Crippen LogP contribution in [0.4, 0.5) is 0 Å². The van der Waals surface area contributed by atoms with Gasteiger partial charge in [0, 0.05) is 29.0 Å². The number of rotatable bonds is 7. The molecule has 0 aliphatic carbocycles. The van der Waals surface area contributed by atoms with Gasteiger partial charge in [-0.1, -0.05) is 29.8 Å². The summed E-state index contributed by atoms with van der Waals surface area (Å²) >= 11 is 3.52. The Morgan fingerprint density at radius 1 is 1.32 bits per heavy atom. The highest BCUT2D eigenvalue weighted by Crippen LogP contribution is 2.28. The minimum absolute atomic E-state index is 0.326. The first-order chi connectivity index (χ1) is 8.90. The zero-order valence-electron chi connectivity index (χ0n) is 12.2. The number of aryl methyl sites for hydroxylation is 1. The molecular formula is C15H24BrNO2. The normalized spacial score (nSPS) is 12.8. The van der Waals surface area contributed by atoms with Gasteiger partial charge in [0.1, 0.15) is 5.75 Å². The summed E-state index contributed by atoms with van der Waals surface area (Å²) in [4.78, 5) is 0. The summed E-state index contributed by atoms with van der Waals surface area (Å²) < 4.78 is 6.91.